The number of benzene rings is 1. The van der Waals surface area contributed by atoms with Gasteiger partial charge in [-0.3, -0.25) is 0 Å². The molecule has 0 bridgehead atoms. The van der Waals surface area contributed by atoms with Gasteiger partial charge in [-0.25, -0.2) is 17.5 Å². The number of hydrogen-bond donors (Lipinski definition) is 2. The van der Waals surface area contributed by atoms with E-state index in [1.54, 1.807) is 6.92 Å². The van der Waals surface area contributed by atoms with E-state index in [4.69, 9.17) is 5.11 Å². The summed E-state index contributed by atoms with van der Waals surface area (Å²) in [4.78, 5) is 10.5. The second-order valence-corrected chi connectivity index (χ2v) is 5.87. The van der Waals surface area contributed by atoms with Crippen LogP contribution in [0.5, 0.6) is 5.75 Å². The van der Waals surface area contributed by atoms with Crippen molar-refractivity contribution in [1.82, 2.24) is 4.31 Å². The van der Waals surface area contributed by atoms with Crippen LogP contribution in [0.3, 0.4) is 0 Å². The molecule has 1 aromatic carbocycles. The van der Waals surface area contributed by atoms with Gasteiger partial charge < -0.3 is 10.2 Å². The number of aromatic carboxylic acids is 1. The van der Waals surface area contributed by atoms with Crippen LogP contribution in [0, 0.1) is 6.92 Å². The lowest BCUT2D eigenvalue weighted by atomic mass is 10.1. The lowest BCUT2D eigenvalue weighted by molar-refractivity contribution is 0.0693. The average Bonchev–Trinajstić information content (AvgIpc) is 2.20. The van der Waals surface area contributed by atoms with Gasteiger partial charge in [0, 0.05) is 14.1 Å². The van der Waals surface area contributed by atoms with E-state index in [2.05, 4.69) is 0 Å². The van der Waals surface area contributed by atoms with Gasteiger partial charge >= 0.3 is 5.97 Å². The number of sulfonamides is 1. The van der Waals surface area contributed by atoms with Crippen LogP contribution in [0.4, 0.5) is 0 Å². The summed E-state index contributed by atoms with van der Waals surface area (Å²) in [6.07, 6.45) is 0. The third-order valence-electron chi connectivity index (χ3n) is 2.21. The first kappa shape index (κ1) is 13.5. The van der Waals surface area contributed by atoms with Gasteiger partial charge in [-0.05, 0) is 24.6 Å². The van der Waals surface area contributed by atoms with Crippen molar-refractivity contribution < 1.29 is 23.4 Å². The fourth-order valence-corrected chi connectivity index (χ4v) is 2.38. The molecular weight excluding hydrogens is 246 g/mol. The highest BCUT2D eigenvalue weighted by molar-refractivity contribution is 7.89. The lowest BCUT2D eigenvalue weighted by Crippen LogP contribution is -2.23. The lowest BCUT2D eigenvalue weighted by Gasteiger charge is -2.14. The molecule has 0 unspecified atom stereocenters. The fourth-order valence-electron chi connectivity index (χ4n) is 1.30. The van der Waals surface area contributed by atoms with Crippen molar-refractivity contribution in [2.75, 3.05) is 14.1 Å². The quantitative estimate of drug-likeness (QED) is 0.831. The predicted octanol–water partition coefficient (Wildman–Crippen LogP) is 0.649. The summed E-state index contributed by atoms with van der Waals surface area (Å²) in [5, 5.41) is 18.5. The van der Waals surface area contributed by atoms with Crippen molar-refractivity contribution in [3.8, 4) is 5.75 Å². The fraction of sp³-hybridized carbons (Fsp3) is 0.300. The second-order valence-electron chi connectivity index (χ2n) is 3.75. The Hall–Kier alpha value is -1.60. The molecule has 0 saturated carbocycles. The summed E-state index contributed by atoms with van der Waals surface area (Å²) in [5.74, 6) is -2.11. The number of carbonyl (C=O) groups is 1. The van der Waals surface area contributed by atoms with E-state index in [-0.39, 0.29) is 0 Å². The van der Waals surface area contributed by atoms with Gasteiger partial charge in [0.15, 0.2) is 0 Å². The molecule has 94 valence electrons. The van der Waals surface area contributed by atoms with Crippen molar-refractivity contribution in [1.29, 1.82) is 0 Å². The standard InChI is InChI=1S/C10H13NO5S/c1-6-4-7(10(13)14)9(12)8(5-6)17(15,16)11(2)3/h4-5,12H,1-3H3,(H,13,14). The highest BCUT2D eigenvalue weighted by Gasteiger charge is 2.25. The first-order chi connectivity index (χ1) is 7.67. The first-order valence-electron chi connectivity index (χ1n) is 4.67. The zero-order chi connectivity index (χ0) is 13.4. The molecule has 0 fully saturated rings. The number of phenols is 1. The Morgan fingerprint density at radius 2 is 1.82 bits per heavy atom. The van der Waals surface area contributed by atoms with Crippen LogP contribution in [0.2, 0.25) is 0 Å². The molecule has 0 aromatic heterocycles. The molecule has 17 heavy (non-hydrogen) atoms. The summed E-state index contributed by atoms with van der Waals surface area (Å²) in [6, 6.07) is 2.45. The first-order valence-corrected chi connectivity index (χ1v) is 6.11. The van der Waals surface area contributed by atoms with Crippen molar-refractivity contribution in [3.05, 3.63) is 23.3 Å². The van der Waals surface area contributed by atoms with Crippen LogP contribution in [0.15, 0.2) is 17.0 Å². The summed E-state index contributed by atoms with van der Waals surface area (Å²) in [7, 11) is -1.26. The zero-order valence-corrected chi connectivity index (χ0v) is 10.4. The van der Waals surface area contributed by atoms with Crippen LogP contribution >= 0.6 is 0 Å². The summed E-state index contributed by atoms with van der Waals surface area (Å²) in [6.45, 7) is 1.56. The topological polar surface area (TPSA) is 94.9 Å². The average molecular weight is 259 g/mol. The number of rotatable bonds is 3. The predicted molar refractivity (Wildman–Crippen MR) is 60.7 cm³/mol. The monoisotopic (exact) mass is 259 g/mol. The number of aryl methyl sites for hydroxylation is 1. The largest absolute Gasteiger partial charge is 0.506 e. The zero-order valence-electron chi connectivity index (χ0n) is 9.63. The Labute approximate surface area is 99.2 Å². The van der Waals surface area contributed by atoms with Gasteiger partial charge in [-0.1, -0.05) is 0 Å². The minimum atomic E-state index is -3.87. The van der Waals surface area contributed by atoms with Crippen molar-refractivity contribution >= 4 is 16.0 Å². The molecule has 0 aliphatic carbocycles. The molecule has 0 radical (unpaired) electrons. The Kier molecular flexibility index (Phi) is 3.44. The van der Waals surface area contributed by atoms with Crippen LogP contribution < -0.4 is 0 Å². The van der Waals surface area contributed by atoms with Gasteiger partial charge in [0.2, 0.25) is 10.0 Å². The highest BCUT2D eigenvalue weighted by Crippen LogP contribution is 2.30. The van der Waals surface area contributed by atoms with E-state index in [1.807, 2.05) is 0 Å². The Morgan fingerprint density at radius 3 is 2.24 bits per heavy atom. The molecule has 0 aliphatic rings. The number of carboxylic acid groups (broad SMARTS) is 1. The molecule has 0 aliphatic heterocycles. The minimum Gasteiger partial charge on any atom is -0.506 e. The van der Waals surface area contributed by atoms with Crippen LogP contribution in [-0.4, -0.2) is 43.0 Å². The Balaban J connectivity index is 3.62. The molecule has 0 amide bonds. The van der Waals surface area contributed by atoms with Gasteiger partial charge in [-0.15, -0.1) is 0 Å². The van der Waals surface area contributed by atoms with Crippen LogP contribution in [0.1, 0.15) is 15.9 Å². The van der Waals surface area contributed by atoms with Gasteiger partial charge in [0.1, 0.15) is 16.2 Å². The number of carboxylic acids is 1. The minimum absolute atomic E-state index is 0.403. The molecule has 0 atom stereocenters. The molecule has 1 rings (SSSR count). The van der Waals surface area contributed by atoms with E-state index < -0.39 is 32.2 Å². The molecule has 0 heterocycles. The summed E-state index contributed by atoms with van der Waals surface area (Å²) < 4.78 is 24.6. The van der Waals surface area contributed by atoms with Crippen molar-refractivity contribution in [2.45, 2.75) is 11.8 Å². The Morgan fingerprint density at radius 1 is 1.29 bits per heavy atom. The summed E-state index contributed by atoms with van der Waals surface area (Å²) in [5.41, 5.74) is 0.0195. The SMILES string of the molecule is Cc1cc(C(=O)O)c(O)c(S(=O)(=O)N(C)C)c1. The van der Waals surface area contributed by atoms with E-state index in [0.29, 0.717) is 5.56 Å². The van der Waals surface area contributed by atoms with Crippen molar-refractivity contribution in [3.63, 3.8) is 0 Å². The van der Waals surface area contributed by atoms with E-state index >= 15 is 0 Å². The molecule has 2 N–H and O–H groups in total. The normalized spacial score (nSPS) is 11.8. The molecule has 7 heteroatoms. The van der Waals surface area contributed by atoms with E-state index in [9.17, 15) is 18.3 Å². The number of aromatic hydroxyl groups is 1. The molecule has 0 saturated heterocycles. The van der Waals surface area contributed by atoms with Gasteiger partial charge in [-0.2, -0.15) is 0 Å². The van der Waals surface area contributed by atoms with Crippen LogP contribution in [0.25, 0.3) is 0 Å². The Bertz CT molecular complexity index is 562. The maximum Gasteiger partial charge on any atom is 0.339 e. The number of hydrogen-bond acceptors (Lipinski definition) is 4. The highest BCUT2D eigenvalue weighted by atomic mass is 32.2. The van der Waals surface area contributed by atoms with Crippen LogP contribution in [-0.2, 0) is 10.0 Å². The molecular formula is C10H13NO5S. The second kappa shape index (κ2) is 4.34. The molecule has 1 aromatic rings. The van der Waals surface area contributed by atoms with Crippen molar-refractivity contribution in [2.24, 2.45) is 0 Å². The van der Waals surface area contributed by atoms with E-state index in [1.165, 1.54) is 26.2 Å². The molecule has 6 nitrogen and oxygen atoms in total. The van der Waals surface area contributed by atoms with Gasteiger partial charge in [0.05, 0.1) is 0 Å². The maximum absolute atomic E-state index is 11.9. The maximum atomic E-state index is 11.9. The van der Waals surface area contributed by atoms with Gasteiger partial charge in [0.25, 0.3) is 0 Å². The third kappa shape index (κ3) is 2.40. The van der Waals surface area contributed by atoms with E-state index in [0.717, 1.165) is 4.31 Å². The molecule has 0 spiro atoms. The summed E-state index contributed by atoms with van der Waals surface area (Å²) >= 11 is 0. The number of nitrogens with zero attached hydrogens (tertiary/aromatic N) is 1. The third-order valence-corrected chi connectivity index (χ3v) is 4.04. The smallest absolute Gasteiger partial charge is 0.339 e.